The number of hydrogen-bond acceptors (Lipinski definition) is 5. The van der Waals surface area contributed by atoms with Gasteiger partial charge in [-0.05, 0) is 79.3 Å². The van der Waals surface area contributed by atoms with E-state index in [2.05, 4.69) is 15.9 Å². The monoisotopic (exact) mass is 601 g/mol. The molecule has 7 heteroatoms. The Morgan fingerprint density at radius 3 is 2.38 bits per heavy atom. The molecule has 1 aliphatic heterocycles. The fraction of sp³-hybridized carbons (Fsp3) is 0.273. The molecule has 3 aromatic rings. The van der Waals surface area contributed by atoms with Crippen molar-refractivity contribution in [3.05, 3.63) is 106 Å². The van der Waals surface area contributed by atoms with E-state index in [1.165, 1.54) is 4.90 Å². The van der Waals surface area contributed by atoms with E-state index in [0.717, 1.165) is 21.2 Å². The quantitative estimate of drug-likeness (QED) is 0.168. The van der Waals surface area contributed by atoms with Crippen LogP contribution in [0.15, 0.2) is 94.5 Å². The van der Waals surface area contributed by atoms with Gasteiger partial charge in [0.1, 0.15) is 5.75 Å². The number of carbonyl (C=O) groups excluding carboxylic acids is 2. The molecule has 0 radical (unpaired) electrons. The van der Waals surface area contributed by atoms with Gasteiger partial charge in [-0.3, -0.25) is 14.5 Å². The summed E-state index contributed by atoms with van der Waals surface area (Å²) < 4.78 is 0.840. The molecule has 5 rings (SSSR count). The van der Waals surface area contributed by atoms with Gasteiger partial charge in [-0.1, -0.05) is 70.0 Å². The molecule has 0 saturated carbocycles. The van der Waals surface area contributed by atoms with Crippen LogP contribution < -0.4 is 4.90 Å². The molecule has 1 heterocycles. The normalized spacial score (nSPS) is 22.1. The predicted octanol–water partition coefficient (Wildman–Crippen LogP) is 5.97. The molecule has 40 heavy (non-hydrogen) atoms. The van der Waals surface area contributed by atoms with Crippen LogP contribution in [0.1, 0.15) is 37.3 Å². The fourth-order valence-electron chi connectivity index (χ4n) is 6.18. The average molecular weight is 603 g/mol. The molecule has 1 aliphatic carbocycles. The van der Waals surface area contributed by atoms with Crippen molar-refractivity contribution < 1.29 is 24.9 Å². The molecule has 0 unspecified atom stereocenters. The van der Waals surface area contributed by atoms with Crippen LogP contribution >= 0.6 is 15.9 Å². The highest BCUT2D eigenvalue weighted by molar-refractivity contribution is 9.10. The first-order chi connectivity index (χ1) is 19.3. The summed E-state index contributed by atoms with van der Waals surface area (Å²) in [6, 6.07) is 23.9. The summed E-state index contributed by atoms with van der Waals surface area (Å²) in [5.41, 5.74) is 4.58. The first kappa shape index (κ1) is 28.0. The number of rotatable bonds is 8. The van der Waals surface area contributed by atoms with Crippen LogP contribution in [0.3, 0.4) is 0 Å². The molecule has 3 aromatic carbocycles. The number of imide groups is 1. The van der Waals surface area contributed by atoms with E-state index in [0.29, 0.717) is 36.1 Å². The van der Waals surface area contributed by atoms with Crippen LogP contribution in [0, 0.1) is 17.8 Å². The number of phenolic OH excluding ortho intramolecular Hbond substituents is 1. The average Bonchev–Trinajstić information content (AvgIpc) is 3.21. The minimum Gasteiger partial charge on any atom is -0.507 e. The maximum absolute atomic E-state index is 13.6. The van der Waals surface area contributed by atoms with Crippen molar-refractivity contribution in [2.75, 3.05) is 11.5 Å². The van der Waals surface area contributed by atoms with Crippen molar-refractivity contribution >= 4 is 45.1 Å². The molecular weight excluding hydrogens is 570 g/mol. The van der Waals surface area contributed by atoms with Gasteiger partial charge in [0.25, 0.3) is 0 Å². The highest BCUT2D eigenvalue weighted by Gasteiger charge is 2.54. The number of anilines is 1. The molecule has 206 valence electrons. The number of phenols is 1. The summed E-state index contributed by atoms with van der Waals surface area (Å²) in [6.45, 7) is 1.55. The number of amides is 2. The van der Waals surface area contributed by atoms with Gasteiger partial charge in [0.15, 0.2) is 0 Å². The summed E-state index contributed by atoms with van der Waals surface area (Å²) in [5, 5.41) is 32.4. The lowest BCUT2D eigenvalue weighted by molar-refractivity contribution is -0.123. The zero-order valence-corrected chi connectivity index (χ0v) is 23.8. The van der Waals surface area contributed by atoms with Crippen molar-refractivity contribution in [3.63, 3.8) is 0 Å². The lowest BCUT2D eigenvalue weighted by Crippen LogP contribution is -2.38. The van der Waals surface area contributed by atoms with E-state index in [-0.39, 0.29) is 24.2 Å². The van der Waals surface area contributed by atoms with E-state index in [1.807, 2.05) is 55.5 Å². The summed E-state index contributed by atoms with van der Waals surface area (Å²) in [6.07, 6.45) is 2.22. The second kappa shape index (κ2) is 11.9. The number of allylic oxidation sites excluding steroid dienone is 2. The molecule has 1 fully saturated rings. The Morgan fingerprint density at radius 2 is 1.70 bits per heavy atom. The van der Waals surface area contributed by atoms with Gasteiger partial charge >= 0.3 is 0 Å². The summed E-state index contributed by atoms with van der Waals surface area (Å²) in [5.74, 6) is -2.34. The van der Waals surface area contributed by atoms with E-state index < -0.39 is 23.9 Å². The highest BCUT2D eigenvalue weighted by Crippen LogP contribution is 2.47. The third-order valence-electron chi connectivity index (χ3n) is 8.05. The van der Waals surface area contributed by atoms with E-state index in [4.69, 9.17) is 0 Å². The Labute approximate surface area is 242 Å². The first-order valence-electron chi connectivity index (χ1n) is 13.5. The van der Waals surface area contributed by atoms with Gasteiger partial charge in [-0.2, -0.15) is 0 Å². The van der Waals surface area contributed by atoms with E-state index in [1.54, 1.807) is 36.4 Å². The lowest BCUT2D eigenvalue weighted by atomic mass is 9.68. The van der Waals surface area contributed by atoms with Crippen molar-refractivity contribution in [2.45, 2.75) is 32.3 Å². The number of benzene rings is 3. The summed E-state index contributed by atoms with van der Waals surface area (Å²) >= 11 is 3.46. The molecule has 6 nitrogen and oxygen atoms in total. The standard InChI is InChI=1S/C33H32BrNO5/c1-20-16-26-31(33(40)35(32(26)39)25-10-6-3-7-11-25)27(19-36)30(20)29(38)14-12-22(21-8-4-2-5-9-21)17-23-18-24(34)13-15-28(23)37/h2-11,13,15,17-18,26-27,29,31,36-38H,12,14,16,19H2,1H3/b22-17-/t26-,27+,29-,31-/m1/s1. The maximum Gasteiger partial charge on any atom is 0.238 e. The number of aliphatic hydroxyl groups excluding tert-OH is 2. The van der Waals surface area contributed by atoms with Crippen LogP contribution in [0.5, 0.6) is 5.75 Å². The summed E-state index contributed by atoms with van der Waals surface area (Å²) in [7, 11) is 0. The molecule has 4 atom stereocenters. The van der Waals surface area contributed by atoms with Crippen molar-refractivity contribution in [1.29, 1.82) is 0 Å². The lowest BCUT2D eigenvalue weighted by Gasteiger charge is -2.35. The molecule has 2 aliphatic rings. The van der Waals surface area contributed by atoms with Crippen LogP contribution in [-0.4, -0.2) is 39.8 Å². The highest BCUT2D eigenvalue weighted by atomic mass is 79.9. The van der Waals surface area contributed by atoms with Crippen molar-refractivity contribution in [3.8, 4) is 5.75 Å². The molecular formula is C33H32BrNO5. The number of carbonyl (C=O) groups is 2. The smallest absolute Gasteiger partial charge is 0.238 e. The minimum atomic E-state index is -0.907. The molecule has 0 aromatic heterocycles. The predicted molar refractivity (Wildman–Crippen MR) is 159 cm³/mol. The second-order valence-electron chi connectivity index (χ2n) is 10.5. The Morgan fingerprint density at radius 1 is 1.02 bits per heavy atom. The number of halogens is 1. The molecule has 1 saturated heterocycles. The van der Waals surface area contributed by atoms with E-state index >= 15 is 0 Å². The van der Waals surface area contributed by atoms with Gasteiger partial charge in [0, 0.05) is 16.0 Å². The zero-order valence-electron chi connectivity index (χ0n) is 22.2. The van der Waals surface area contributed by atoms with Gasteiger partial charge in [-0.25, -0.2) is 0 Å². The van der Waals surface area contributed by atoms with Crippen molar-refractivity contribution in [2.24, 2.45) is 17.8 Å². The SMILES string of the molecule is CC1=C([C@H](O)CC/C(=C/c2cc(Br)ccc2O)c2ccccc2)[C@H](CO)[C@@H]2C(=O)N(c3ccccc3)C(=O)[C@@H]2C1. The number of fused-ring (bicyclic) bond motifs is 1. The minimum absolute atomic E-state index is 0.154. The number of hydrogen-bond donors (Lipinski definition) is 3. The van der Waals surface area contributed by atoms with Gasteiger partial charge in [-0.15, -0.1) is 0 Å². The second-order valence-corrected chi connectivity index (χ2v) is 11.4. The molecule has 2 amide bonds. The Balaban J connectivity index is 1.41. The number of aliphatic hydroxyl groups is 2. The van der Waals surface area contributed by atoms with Crippen molar-refractivity contribution in [1.82, 2.24) is 0 Å². The first-order valence-corrected chi connectivity index (χ1v) is 14.2. The number of nitrogens with zero attached hydrogens (tertiary/aromatic N) is 1. The topological polar surface area (TPSA) is 98.1 Å². The van der Waals surface area contributed by atoms with Crippen LogP contribution in [0.2, 0.25) is 0 Å². The fourth-order valence-corrected chi connectivity index (χ4v) is 6.56. The van der Waals surface area contributed by atoms with Gasteiger partial charge in [0.2, 0.25) is 11.8 Å². The van der Waals surface area contributed by atoms with Crippen LogP contribution in [0.4, 0.5) is 5.69 Å². The third kappa shape index (κ3) is 5.42. The van der Waals surface area contributed by atoms with Gasteiger partial charge in [0.05, 0.1) is 30.2 Å². The zero-order chi connectivity index (χ0) is 28.4. The number of aromatic hydroxyl groups is 1. The van der Waals surface area contributed by atoms with E-state index in [9.17, 15) is 24.9 Å². The molecule has 3 N–H and O–H groups in total. The maximum atomic E-state index is 13.6. The largest absolute Gasteiger partial charge is 0.507 e. The Kier molecular flexibility index (Phi) is 8.35. The molecule has 0 bridgehead atoms. The number of para-hydroxylation sites is 1. The van der Waals surface area contributed by atoms with Crippen LogP contribution in [0.25, 0.3) is 11.6 Å². The van der Waals surface area contributed by atoms with Crippen LogP contribution in [-0.2, 0) is 9.59 Å². The third-order valence-corrected chi connectivity index (χ3v) is 8.54. The Hall–Kier alpha value is -3.52. The summed E-state index contributed by atoms with van der Waals surface area (Å²) in [4.78, 5) is 28.1. The molecule has 0 spiro atoms. The Bertz CT molecular complexity index is 1470. The van der Waals surface area contributed by atoms with Gasteiger partial charge < -0.3 is 15.3 Å².